The van der Waals surface area contributed by atoms with Gasteiger partial charge in [-0.1, -0.05) is 12.1 Å². The first-order chi connectivity index (χ1) is 13.0. The van der Waals surface area contributed by atoms with Gasteiger partial charge in [0.15, 0.2) is 15.8 Å². The maximum Gasteiger partial charge on any atom is 0.416 e. The van der Waals surface area contributed by atoms with E-state index in [-0.39, 0.29) is 30.5 Å². The Morgan fingerprint density at radius 3 is 2.24 bits per heavy atom. The second kappa shape index (κ2) is 10.3. The topological polar surface area (TPSA) is 71.0 Å². The fourth-order valence-corrected chi connectivity index (χ4v) is 4.44. The molecule has 0 amide bonds. The fraction of sp³-hybridized carbons (Fsp3) is 0.611. The first kappa shape index (κ1) is 26.0. The molecule has 0 saturated carbocycles. The van der Waals surface area contributed by atoms with Crippen LogP contribution < -0.4 is 5.32 Å². The summed E-state index contributed by atoms with van der Waals surface area (Å²) in [4.78, 5) is 5.90. The van der Waals surface area contributed by atoms with E-state index in [1.165, 1.54) is 18.4 Å². The number of ether oxygens (including phenoxy) is 1. The molecule has 1 aromatic carbocycles. The summed E-state index contributed by atoms with van der Waals surface area (Å²) in [6.07, 6.45) is -2.34. The van der Waals surface area contributed by atoms with Gasteiger partial charge in [-0.2, -0.15) is 13.2 Å². The van der Waals surface area contributed by atoms with Crippen molar-refractivity contribution in [3.63, 3.8) is 0 Å². The number of hydrogen-bond donors (Lipinski definition) is 1. The zero-order chi connectivity index (χ0) is 21.0. The van der Waals surface area contributed by atoms with Gasteiger partial charge in [0.25, 0.3) is 0 Å². The highest BCUT2D eigenvalue weighted by atomic mass is 127. The molecule has 0 bridgehead atoms. The van der Waals surface area contributed by atoms with Crippen LogP contribution in [0, 0.1) is 0 Å². The second-order valence-corrected chi connectivity index (χ2v) is 9.43. The summed E-state index contributed by atoms with van der Waals surface area (Å²) in [6, 6.07) is 4.92. The van der Waals surface area contributed by atoms with Crippen LogP contribution in [0.3, 0.4) is 0 Å². The van der Waals surface area contributed by atoms with Crippen molar-refractivity contribution in [2.75, 3.05) is 40.1 Å². The van der Waals surface area contributed by atoms with Crippen LogP contribution in [0.25, 0.3) is 0 Å². The molecule has 0 radical (unpaired) electrons. The first-order valence-electron chi connectivity index (χ1n) is 8.84. The third kappa shape index (κ3) is 6.71. The zero-order valence-corrected chi connectivity index (χ0v) is 19.8. The monoisotopic (exact) mass is 549 g/mol. The third-order valence-electron chi connectivity index (χ3n) is 5.03. The first-order valence-corrected chi connectivity index (χ1v) is 10.7. The molecule has 1 saturated heterocycles. The smallest absolute Gasteiger partial charge is 0.381 e. The molecule has 0 aliphatic carbocycles. The molecule has 1 aliphatic heterocycles. The lowest BCUT2D eigenvalue weighted by Gasteiger charge is -2.36. The highest BCUT2D eigenvalue weighted by molar-refractivity contribution is 14.0. The molecule has 1 fully saturated rings. The Morgan fingerprint density at radius 2 is 1.79 bits per heavy atom. The van der Waals surface area contributed by atoms with Gasteiger partial charge in [-0.3, -0.25) is 4.99 Å². The molecule has 1 heterocycles. The molecule has 0 aromatic heterocycles. The summed E-state index contributed by atoms with van der Waals surface area (Å²) in [7, 11) is -0.00500. The Bertz CT molecular complexity index is 793. The van der Waals surface area contributed by atoms with Gasteiger partial charge < -0.3 is 15.0 Å². The molecule has 0 unspecified atom stereocenters. The van der Waals surface area contributed by atoms with Crippen molar-refractivity contribution in [2.45, 2.75) is 30.3 Å². The number of hydrogen-bond acceptors (Lipinski definition) is 4. The van der Waals surface area contributed by atoms with Gasteiger partial charge in [-0.15, -0.1) is 24.0 Å². The van der Waals surface area contributed by atoms with Gasteiger partial charge in [0.1, 0.15) is 0 Å². The number of alkyl halides is 3. The summed E-state index contributed by atoms with van der Waals surface area (Å²) in [5.74, 6) is 0.467. The van der Waals surface area contributed by atoms with Crippen LogP contribution in [0.15, 0.2) is 29.3 Å². The summed E-state index contributed by atoms with van der Waals surface area (Å²) >= 11 is 0. The Hall–Kier alpha value is -1.08. The maximum absolute atomic E-state index is 12.7. The Morgan fingerprint density at radius 1 is 1.24 bits per heavy atom. The van der Waals surface area contributed by atoms with E-state index >= 15 is 0 Å². The van der Waals surface area contributed by atoms with Gasteiger partial charge in [0, 0.05) is 46.7 Å². The molecular formula is C18H27F3IN3O3S. The van der Waals surface area contributed by atoms with Crippen LogP contribution in [0.1, 0.15) is 24.0 Å². The third-order valence-corrected chi connectivity index (χ3v) is 7.16. The Kier molecular flexibility index (Phi) is 9.21. The SMILES string of the molecule is CN=C(NCC1(S(C)(=O)=O)CCOCC1)N(C)Cc1ccc(C(F)(F)F)cc1.I. The van der Waals surface area contributed by atoms with Crippen molar-refractivity contribution >= 4 is 39.8 Å². The van der Waals surface area contributed by atoms with E-state index in [9.17, 15) is 21.6 Å². The molecule has 1 N–H and O–H groups in total. The predicted octanol–water partition coefficient (Wildman–Crippen LogP) is 2.92. The lowest BCUT2D eigenvalue weighted by Crippen LogP contribution is -2.53. The average Bonchev–Trinajstić information content (AvgIpc) is 2.62. The lowest BCUT2D eigenvalue weighted by atomic mass is 9.99. The van der Waals surface area contributed by atoms with Gasteiger partial charge in [-0.05, 0) is 30.5 Å². The standard InChI is InChI=1S/C18H26F3N3O3S.HI/c1-22-16(23-13-17(28(3,25)26)8-10-27-11-9-17)24(2)12-14-4-6-15(7-5-14)18(19,20)21;/h4-7H,8-13H2,1-3H3,(H,22,23);1H. The highest BCUT2D eigenvalue weighted by Crippen LogP contribution is 2.30. The van der Waals surface area contributed by atoms with Crippen LogP contribution >= 0.6 is 24.0 Å². The van der Waals surface area contributed by atoms with Crippen LogP contribution in [-0.4, -0.2) is 64.1 Å². The predicted molar refractivity (Wildman–Crippen MR) is 117 cm³/mol. The highest BCUT2D eigenvalue weighted by Gasteiger charge is 2.42. The number of rotatable bonds is 5. The van der Waals surface area contributed by atoms with Gasteiger partial charge in [0.05, 0.1) is 10.3 Å². The number of sulfone groups is 1. The Labute approximate surface area is 186 Å². The van der Waals surface area contributed by atoms with Crippen molar-refractivity contribution < 1.29 is 26.3 Å². The minimum absolute atomic E-state index is 0. The number of nitrogens with one attached hydrogen (secondary N) is 1. The molecule has 1 aliphatic rings. The largest absolute Gasteiger partial charge is 0.416 e. The van der Waals surface area contributed by atoms with Crippen molar-refractivity contribution in [3.05, 3.63) is 35.4 Å². The van der Waals surface area contributed by atoms with Crippen LogP contribution in [0.5, 0.6) is 0 Å². The van der Waals surface area contributed by atoms with Gasteiger partial charge in [-0.25, -0.2) is 8.42 Å². The summed E-state index contributed by atoms with van der Waals surface area (Å²) < 4.78 is 67.1. The van der Waals surface area contributed by atoms with Crippen molar-refractivity contribution in [1.82, 2.24) is 10.2 Å². The van der Waals surface area contributed by atoms with Crippen molar-refractivity contribution in [1.29, 1.82) is 0 Å². The van der Waals surface area contributed by atoms with Gasteiger partial charge in [0.2, 0.25) is 0 Å². The number of guanidine groups is 1. The van der Waals surface area contributed by atoms with Crippen molar-refractivity contribution in [3.8, 4) is 0 Å². The molecule has 166 valence electrons. The van der Waals surface area contributed by atoms with E-state index in [1.807, 2.05) is 0 Å². The summed E-state index contributed by atoms with van der Waals surface area (Å²) in [5.41, 5.74) is -0.0154. The Balaban J connectivity index is 0.00000420. The van der Waals surface area contributed by atoms with E-state index in [0.717, 1.165) is 12.1 Å². The normalized spacial score (nSPS) is 17.4. The zero-order valence-electron chi connectivity index (χ0n) is 16.6. The minimum Gasteiger partial charge on any atom is -0.381 e. The lowest BCUT2D eigenvalue weighted by molar-refractivity contribution is -0.137. The molecule has 0 spiro atoms. The van der Waals surface area contributed by atoms with Crippen LogP contribution in [0.4, 0.5) is 13.2 Å². The number of halogens is 4. The van der Waals surface area contributed by atoms with E-state index in [4.69, 9.17) is 4.74 Å². The molecular weight excluding hydrogens is 522 g/mol. The summed E-state index contributed by atoms with van der Waals surface area (Å²) in [5, 5.41) is 3.10. The quantitative estimate of drug-likeness (QED) is 0.348. The second-order valence-electron chi connectivity index (χ2n) is 7.02. The molecule has 11 heteroatoms. The van der Waals surface area contributed by atoms with Crippen LogP contribution in [-0.2, 0) is 27.3 Å². The van der Waals surface area contributed by atoms with E-state index in [0.29, 0.717) is 44.1 Å². The molecule has 29 heavy (non-hydrogen) atoms. The maximum atomic E-state index is 12.7. The van der Waals surface area contributed by atoms with E-state index < -0.39 is 26.3 Å². The number of nitrogens with zero attached hydrogens (tertiary/aromatic N) is 2. The minimum atomic E-state index is -4.37. The molecule has 6 nitrogen and oxygen atoms in total. The van der Waals surface area contributed by atoms with Crippen molar-refractivity contribution in [2.24, 2.45) is 4.99 Å². The van der Waals surface area contributed by atoms with E-state index in [1.54, 1.807) is 19.0 Å². The number of benzene rings is 1. The molecule has 1 aromatic rings. The van der Waals surface area contributed by atoms with Gasteiger partial charge >= 0.3 is 6.18 Å². The fourth-order valence-electron chi connectivity index (χ4n) is 3.19. The van der Waals surface area contributed by atoms with E-state index in [2.05, 4.69) is 10.3 Å². The number of aliphatic imine (C=N–C) groups is 1. The molecule has 0 atom stereocenters. The molecule has 2 rings (SSSR count). The average molecular weight is 549 g/mol. The van der Waals surface area contributed by atoms with Crippen LogP contribution in [0.2, 0.25) is 0 Å². The summed E-state index contributed by atoms with van der Waals surface area (Å²) in [6.45, 7) is 1.29.